The van der Waals surface area contributed by atoms with Crippen molar-refractivity contribution in [1.82, 2.24) is 5.32 Å². The third-order valence-corrected chi connectivity index (χ3v) is 3.89. The van der Waals surface area contributed by atoms with E-state index in [1.54, 1.807) is 0 Å². The highest BCUT2D eigenvalue weighted by molar-refractivity contribution is 4.82. The summed E-state index contributed by atoms with van der Waals surface area (Å²) in [7, 11) is 0. The highest BCUT2D eigenvalue weighted by Crippen LogP contribution is 2.22. The molecule has 17 heavy (non-hydrogen) atoms. The summed E-state index contributed by atoms with van der Waals surface area (Å²) in [4.78, 5) is 0. The van der Waals surface area contributed by atoms with Crippen LogP contribution in [0.5, 0.6) is 0 Å². The molecule has 100 valence electrons. The first-order valence-corrected chi connectivity index (χ1v) is 7.36. The second-order valence-corrected chi connectivity index (χ2v) is 5.32. The third-order valence-electron chi connectivity index (χ3n) is 3.89. The minimum absolute atomic E-state index is 0.447. The Labute approximate surface area is 105 Å². The topological polar surface area (TPSA) is 30.5 Å². The van der Waals surface area contributed by atoms with Crippen molar-refractivity contribution in [3.05, 3.63) is 0 Å². The van der Waals surface area contributed by atoms with E-state index in [1.807, 2.05) is 0 Å². The number of hydrogen-bond donors (Lipinski definition) is 1. The van der Waals surface area contributed by atoms with Crippen LogP contribution < -0.4 is 5.32 Å². The van der Waals surface area contributed by atoms with Crippen LogP contribution in [0.2, 0.25) is 0 Å². The predicted molar refractivity (Wildman–Crippen MR) is 69.3 cm³/mol. The quantitative estimate of drug-likeness (QED) is 0.743. The highest BCUT2D eigenvalue weighted by Gasteiger charge is 2.26. The molecule has 2 aliphatic heterocycles. The molecule has 3 heteroatoms. The maximum atomic E-state index is 5.82. The molecule has 0 saturated carbocycles. The number of ether oxygens (including phenoxy) is 2. The first-order valence-electron chi connectivity index (χ1n) is 7.36. The highest BCUT2D eigenvalue weighted by atomic mass is 16.5. The van der Waals surface area contributed by atoms with Crippen molar-refractivity contribution in [2.24, 2.45) is 0 Å². The molecule has 3 nitrogen and oxygen atoms in total. The molecule has 3 unspecified atom stereocenters. The fraction of sp³-hybridized carbons (Fsp3) is 1.00. The largest absolute Gasteiger partial charge is 0.378 e. The van der Waals surface area contributed by atoms with Gasteiger partial charge in [0.25, 0.3) is 0 Å². The van der Waals surface area contributed by atoms with Crippen molar-refractivity contribution in [2.75, 3.05) is 19.8 Å². The van der Waals surface area contributed by atoms with Crippen molar-refractivity contribution in [1.29, 1.82) is 0 Å². The predicted octanol–water partition coefficient (Wildman–Crippen LogP) is 2.49. The van der Waals surface area contributed by atoms with E-state index in [1.165, 1.54) is 44.9 Å². The first-order chi connectivity index (χ1) is 8.40. The number of hydrogen-bond acceptors (Lipinski definition) is 3. The summed E-state index contributed by atoms with van der Waals surface area (Å²) in [6.07, 6.45) is 9.52. The fourth-order valence-electron chi connectivity index (χ4n) is 2.91. The lowest BCUT2D eigenvalue weighted by Gasteiger charge is -2.25. The van der Waals surface area contributed by atoms with Crippen molar-refractivity contribution in [3.8, 4) is 0 Å². The molecule has 0 spiro atoms. The van der Waals surface area contributed by atoms with Gasteiger partial charge >= 0.3 is 0 Å². The van der Waals surface area contributed by atoms with E-state index in [0.29, 0.717) is 18.2 Å². The smallest absolute Gasteiger partial charge is 0.0728 e. The van der Waals surface area contributed by atoms with Gasteiger partial charge in [0.1, 0.15) is 0 Å². The lowest BCUT2D eigenvalue weighted by Crippen LogP contribution is -2.40. The second kappa shape index (κ2) is 7.34. The fourth-order valence-corrected chi connectivity index (χ4v) is 2.91. The van der Waals surface area contributed by atoms with Gasteiger partial charge in [0, 0.05) is 19.3 Å². The van der Waals surface area contributed by atoms with Crippen LogP contribution in [-0.2, 0) is 9.47 Å². The van der Waals surface area contributed by atoms with Crippen LogP contribution in [0, 0.1) is 0 Å². The van der Waals surface area contributed by atoms with Crippen LogP contribution in [-0.4, -0.2) is 38.0 Å². The molecule has 1 N–H and O–H groups in total. The van der Waals surface area contributed by atoms with Crippen LogP contribution in [0.1, 0.15) is 51.9 Å². The van der Waals surface area contributed by atoms with Crippen molar-refractivity contribution >= 4 is 0 Å². The molecule has 0 aromatic heterocycles. The van der Waals surface area contributed by atoms with E-state index in [9.17, 15) is 0 Å². The van der Waals surface area contributed by atoms with Crippen LogP contribution in [0.25, 0.3) is 0 Å². The van der Waals surface area contributed by atoms with Gasteiger partial charge < -0.3 is 14.8 Å². The Morgan fingerprint density at radius 3 is 2.65 bits per heavy atom. The third kappa shape index (κ3) is 4.23. The average Bonchev–Trinajstić information content (AvgIpc) is 3.01. The van der Waals surface area contributed by atoms with Crippen molar-refractivity contribution in [3.63, 3.8) is 0 Å². The summed E-state index contributed by atoms with van der Waals surface area (Å²) in [6, 6.07) is 0.543. The van der Waals surface area contributed by atoms with Crippen LogP contribution in [0.4, 0.5) is 0 Å². The molecule has 0 bridgehead atoms. The van der Waals surface area contributed by atoms with Gasteiger partial charge in [0.05, 0.1) is 12.2 Å². The Bertz CT molecular complexity index is 198. The van der Waals surface area contributed by atoms with Crippen molar-refractivity contribution < 1.29 is 9.47 Å². The van der Waals surface area contributed by atoms with Gasteiger partial charge in [-0.25, -0.2) is 0 Å². The zero-order valence-electron chi connectivity index (χ0n) is 11.1. The summed E-state index contributed by atoms with van der Waals surface area (Å²) in [5.41, 5.74) is 0. The molecule has 2 rings (SSSR count). The Morgan fingerprint density at radius 2 is 2.00 bits per heavy atom. The maximum absolute atomic E-state index is 5.82. The van der Waals surface area contributed by atoms with Gasteiger partial charge in [-0.1, -0.05) is 6.92 Å². The first kappa shape index (κ1) is 13.3. The zero-order valence-corrected chi connectivity index (χ0v) is 11.1. The zero-order chi connectivity index (χ0) is 11.9. The number of nitrogens with one attached hydrogen (secondary N) is 1. The SMILES string of the molecule is CCCNC(CCC1CCCO1)C1CCCO1. The van der Waals surface area contributed by atoms with E-state index >= 15 is 0 Å². The molecule has 2 aliphatic rings. The Morgan fingerprint density at radius 1 is 1.18 bits per heavy atom. The Hall–Kier alpha value is -0.120. The Kier molecular flexibility index (Phi) is 5.75. The molecule has 0 amide bonds. The van der Waals surface area contributed by atoms with E-state index in [-0.39, 0.29) is 0 Å². The van der Waals surface area contributed by atoms with Gasteiger partial charge in [-0.2, -0.15) is 0 Å². The minimum Gasteiger partial charge on any atom is -0.378 e. The van der Waals surface area contributed by atoms with E-state index in [4.69, 9.17) is 9.47 Å². The van der Waals surface area contributed by atoms with Gasteiger partial charge in [-0.3, -0.25) is 0 Å². The normalized spacial score (nSPS) is 30.9. The maximum Gasteiger partial charge on any atom is 0.0728 e. The molecule has 0 aromatic rings. The lowest BCUT2D eigenvalue weighted by molar-refractivity contribution is 0.0606. The van der Waals surface area contributed by atoms with Crippen molar-refractivity contribution in [2.45, 2.75) is 70.1 Å². The molecule has 2 heterocycles. The average molecular weight is 241 g/mol. The molecule has 0 aliphatic carbocycles. The molecular formula is C14H27NO2. The van der Waals surface area contributed by atoms with Crippen LogP contribution >= 0.6 is 0 Å². The number of rotatable bonds is 7. The molecule has 2 saturated heterocycles. The van der Waals surface area contributed by atoms with Gasteiger partial charge in [-0.05, 0) is 51.5 Å². The van der Waals surface area contributed by atoms with Crippen LogP contribution in [0.3, 0.4) is 0 Å². The summed E-state index contributed by atoms with van der Waals surface area (Å²) in [6.45, 7) is 5.25. The van der Waals surface area contributed by atoms with Gasteiger partial charge in [0.15, 0.2) is 0 Å². The van der Waals surface area contributed by atoms with Crippen LogP contribution in [0.15, 0.2) is 0 Å². The monoisotopic (exact) mass is 241 g/mol. The van der Waals surface area contributed by atoms with Gasteiger partial charge in [-0.15, -0.1) is 0 Å². The Balaban J connectivity index is 1.72. The van der Waals surface area contributed by atoms with E-state index in [0.717, 1.165) is 19.8 Å². The second-order valence-electron chi connectivity index (χ2n) is 5.32. The standard InChI is InChI=1S/C14H27NO2/c1-2-9-15-13(14-6-4-11-17-14)8-7-12-5-3-10-16-12/h12-15H,2-11H2,1H3. The van der Waals surface area contributed by atoms with Gasteiger partial charge in [0.2, 0.25) is 0 Å². The minimum atomic E-state index is 0.447. The molecular weight excluding hydrogens is 214 g/mol. The molecule has 3 atom stereocenters. The molecule has 0 aromatic carbocycles. The lowest BCUT2D eigenvalue weighted by atomic mass is 9.99. The summed E-state index contributed by atoms with van der Waals surface area (Å²) in [5.74, 6) is 0. The van der Waals surface area contributed by atoms with E-state index in [2.05, 4.69) is 12.2 Å². The van der Waals surface area contributed by atoms with E-state index < -0.39 is 0 Å². The molecule has 0 radical (unpaired) electrons. The summed E-state index contributed by atoms with van der Waals surface area (Å²) >= 11 is 0. The molecule has 2 fully saturated rings. The summed E-state index contributed by atoms with van der Waals surface area (Å²) < 4.78 is 11.5. The summed E-state index contributed by atoms with van der Waals surface area (Å²) in [5, 5.41) is 3.65.